The van der Waals surface area contributed by atoms with Gasteiger partial charge in [0.1, 0.15) is 17.1 Å². The second-order valence-electron chi connectivity index (χ2n) is 13.6. The van der Waals surface area contributed by atoms with Gasteiger partial charge in [0.15, 0.2) is 17.9 Å². The van der Waals surface area contributed by atoms with Gasteiger partial charge in [-0.05, 0) is 86.5 Å². The molecule has 2 rings (SSSR count). The number of hydrogen-bond acceptors (Lipinski definition) is 9. The molecule has 41 heavy (non-hydrogen) atoms. The SMILES string of the molecule is CC[C@H]1OC(=O)C(C)(C)C(=O)[C@H](C)[C@@H](OC2OC(C)CC(N(C)C)[C@H]2C)[C@](C)(OC)C[C@@H](C)C(=O)/C(C)=C/[C@]1(C)O. The number of nitrogens with zero attached hydrogens (tertiary/aromatic N) is 1. The highest BCUT2D eigenvalue weighted by Crippen LogP contribution is 2.40. The fraction of sp³-hybridized carbons (Fsp3) is 0.844. The molecule has 2 heterocycles. The Kier molecular flexibility index (Phi) is 11.6. The quantitative estimate of drug-likeness (QED) is 0.374. The predicted octanol–water partition coefficient (Wildman–Crippen LogP) is 4.34. The number of allylic oxidation sites excluding steroid dienone is 1. The summed E-state index contributed by atoms with van der Waals surface area (Å²) >= 11 is 0. The Bertz CT molecular complexity index is 988. The van der Waals surface area contributed by atoms with Crippen LogP contribution in [0.5, 0.6) is 0 Å². The van der Waals surface area contributed by atoms with Crippen LogP contribution in [-0.2, 0) is 33.3 Å². The lowest BCUT2D eigenvalue weighted by Crippen LogP contribution is -2.57. The highest BCUT2D eigenvalue weighted by Gasteiger charge is 2.52. The summed E-state index contributed by atoms with van der Waals surface area (Å²) in [7, 11) is 5.60. The first kappa shape index (κ1) is 35.5. The first-order chi connectivity index (χ1) is 18.7. The molecule has 0 aromatic carbocycles. The van der Waals surface area contributed by atoms with Gasteiger partial charge in [-0.1, -0.05) is 27.7 Å². The van der Waals surface area contributed by atoms with Gasteiger partial charge in [0.05, 0.1) is 17.8 Å². The molecule has 1 saturated heterocycles. The van der Waals surface area contributed by atoms with Crippen molar-refractivity contribution in [2.75, 3.05) is 21.2 Å². The molecule has 1 fully saturated rings. The molecule has 2 aliphatic rings. The van der Waals surface area contributed by atoms with Crippen LogP contribution in [0.2, 0.25) is 0 Å². The summed E-state index contributed by atoms with van der Waals surface area (Å²) < 4.78 is 24.9. The molecule has 0 aromatic heterocycles. The van der Waals surface area contributed by atoms with Crippen molar-refractivity contribution >= 4 is 17.5 Å². The van der Waals surface area contributed by atoms with E-state index in [0.29, 0.717) is 12.0 Å². The predicted molar refractivity (Wildman–Crippen MR) is 157 cm³/mol. The Balaban J connectivity index is 2.68. The van der Waals surface area contributed by atoms with Crippen LogP contribution in [0.3, 0.4) is 0 Å². The molecule has 236 valence electrons. The van der Waals surface area contributed by atoms with E-state index in [2.05, 4.69) is 11.8 Å². The van der Waals surface area contributed by atoms with Crippen molar-refractivity contribution in [3.05, 3.63) is 11.6 Å². The standard InChI is InChI=1S/C32H55NO8/c1-14-24-31(9,37)16-18(2)25(34)19(3)17-32(10,38-13)27(22(6)26(35)30(7,8)29(36)40-24)41-28-21(5)23(33(11)12)15-20(4)39-28/h16,19-24,27-28,37H,14-15,17H2,1-13H3/b18-16+/t19-,20?,21-,22+,23?,24-,27-,28?,31+,32-/m1/s1. The molecule has 1 N–H and O–H groups in total. The molecule has 10 atom stereocenters. The van der Waals surface area contributed by atoms with E-state index in [-0.39, 0.29) is 36.1 Å². The lowest BCUT2D eigenvalue weighted by atomic mass is 9.73. The Morgan fingerprint density at radius 1 is 1.07 bits per heavy atom. The summed E-state index contributed by atoms with van der Waals surface area (Å²) in [5.41, 5.74) is -3.88. The number of methoxy groups -OCH3 is 1. The van der Waals surface area contributed by atoms with Crippen molar-refractivity contribution in [2.24, 2.45) is 23.2 Å². The fourth-order valence-corrected chi connectivity index (χ4v) is 6.62. The summed E-state index contributed by atoms with van der Waals surface area (Å²) in [6, 6.07) is 0.195. The number of carbonyl (C=O) groups is 3. The zero-order valence-corrected chi connectivity index (χ0v) is 27.6. The first-order valence-electron chi connectivity index (χ1n) is 15.0. The van der Waals surface area contributed by atoms with Gasteiger partial charge in [0, 0.05) is 30.9 Å². The van der Waals surface area contributed by atoms with Crippen molar-refractivity contribution in [3.8, 4) is 0 Å². The maximum Gasteiger partial charge on any atom is 0.319 e. The van der Waals surface area contributed by atoms with Crippen LogP contribution in [0.25, 0.3) is 0 Å². The number of ketones is 2. The third-order valence-electron chi connectivity index (χ3n) is 9.31. The van der Waals surface area contributed by atoms with E-state index in [9.17, 15) is 19.5 Å². The van der Waals surface area contributed by atoms with E-state index in [4.69, 9.17) is 18.9 Å². The summed E-state index contributed by atoms with van der Waals surface area (Å²) in [6.07, 6.45) is 0.329. The minimum Gasteiger partial charge on any atom is -0.458 e. The van der Waals surface area contributed by atoms with E-state index in [1.54, 1.807) is 41.7 Å². The Labute approximate surface area is 247 Å². The van der Waals surface area contributed by atoms with Crippen LogP contribution < -0.4 is 0 Å². The van der Waals surface area contributed by atoms with Crippen LogP contribution in [0.4, 0.5) is 0 Å². The van der Waals surface area contributed by atoms with Crippen molar-refractivity contribution < 1.29 is 38.4 Å². The molecule has 0 aliphatic carbocycles. The van der Waals surface area contributed by atoms with Crippen LogP contribution in [0.15, 0.2) is 11.6 Å². The normalized spacial score (nSPS) is 42.8. The van der Waals surface area contributed by atoms with Gasteiger partial charge < -0.3 is 29.0 Å². The van der Waals surface area contributed by atoms with E-state index in [1.807, 2.05) is 34.9 Å². The number of rotatable bonds is 5. The monoisotopic (exact) mass is 581 g/mol. The summed E-state index contributed by atoms with van der Waals surface area (Å²) in [4.78, 5) is 43.4. The summed E-state index contributed by atoms with van der Waals surface area (Å²) in [6.45, 7) is 17.5. The van der Waals surface area contributed by atoms with E-state index in [1.165, 1.54) is 13.0 Å². The molecule has 9 nitrogen and oxygen atoms in total. The number of esters is 1. The third kappa shape index (κ3) is 7.66. The highest BCUT2D eigenvalue weighted by molar-refractivity contribution is 6.04. The summed E-state index contributed by atoms with van der Waals surface area (Å²) in [5, 5.41) is 11.3. The van der Waals surface area contributed by atoms with Crippen molar-refractivity contribution in [1.82, 2.24) is 4.90 Å². The summed E-state index contributed by atoms with van der Waals surface area (Å²) in [5.74, 6) is -2.66. The van der Waals surface area contributed by atoms with E-state index in [0.717, 1.165) is 6.42 Å². The molecule has 9 heteroatoms. The average Bonchev–Trinajstić information content (AvgIpc) is 2.88. The molecule has 0 amide bonds. The molecule has 2 aliphatic heterocycles. The van der Waals surface area contributed by atoms with E-state index < -0.39 is 52.9 Å². The number of ether oxygens (including phenoxy) is 4. The maximum absolute atomic E-state index is 14.1. The third-order valence-corrected chi connectivity index (χ3v) is 9.31. The fourth-order valence-electron chi connectivity index (χ4n) is 6.62. The second kappa shape index (κ2) is 13.3. The first-order valence-corrected chi connectivity index (χ1v) is 15.0. The maximum atomic E-state index is 14.1. The topological polar surface area (TPSA) is 112 Å². The van der Waals surface area contributed by atoms with Gasteiger partial charge in [-0.3, -0.25) is 14.4 Å². The van der Waals surface area contributed by atoms with Crippen molar-refractivity contribution in [1.29, 1.82) is 0 Å². The van der Waals surface area contributed by atoms with Crippen LogP contribution in [0.1, 0.15) is 88.5 Å². The van der Waals surface area contributed by atoms with Crippen LogP contribution in [0, 0.1) is 23.2 Å². The van der Waals surface area contributed by atoms with Gasteiger partial charge in [0.2, 0.25) is 0 Å². The minimum absolute atomic E-state index is 0.0209. The van der Waals surface area contributed by atoms with Crippen molar-refractivity contribution in [3.63, 3.8) is 0 Å². The zero-order valence-electron chi connectivity index (χ0n) is 27.6. The molecule has 0 radical (unpaired) electrons. The number of Topliss-reactive ketones (excluding diaryl/α,β-unsaturated/α-hetero) is 2. The Hall–Kier alpha value is -1.65. The number of aliphatic hydroxyl groups is 1. The largest absolute Gasteiger partial charge is 0.458 e. The number of hydrogen-bond donors (Lipinski definition) is 1. The number of cyclic esters (lactones) is 1. The Morgan fingerprint density at radius 3 is 2.17 bits per heavy atom. The minimum atomic E-state index is -1.61. The van der Waals surface area contributed by atoms with Gasteiger partial charge in [-0.25, -0.2) is 0 Å². The van der Waals surface area contributed by atoms with Crippen LogP contribution >= 0.6 is 0 Å². The molecular weight excluding hydrogens is 526 g/mol. The molecule has 0 spiro atoms. The van der Waals surface area contributed by atoms with Gasteiger partial charge in [-0.15, -0.1) is 0 Å². The van der Waals surface area contributed by atoms with Crippen LogP contribution in [-0.4, -0.2) is 90.6 Å². The molecular formula is C32H55NO8. The lowest BCUT2D eigenvalue weighted by Gasteiger charge is -2.47. The molecule has 3 unspecified atom stereocenters. The van der Waals surface area contributed by atoms with Gasteiger partial charge in [-0.2, -0.15) is 0 Å². The molecule has 0 aromatic rings. The smallest absolute Gasteiger partial charge is 0.319 e. The zero-order chi connectivity index (χ0) is 31.7. The number of carbonyl (C=O) groups excluding carboxylic acids is 3. The van der Waals surface area contributed by atoms with Gasteiger partial charge >= 0.3 is 5.97 Å². The Morgan fingerprint density at radius 2 is 1.66 bits per heavy atom. The average molecular weight is 582 g/mol. The van der Waals surface area contributed by atoms with Crippen molar-refractivity contribution in [2.45, 2.75) is 130 Å². The molecule has 0 bridgehead atoms. The molecule has 0 saturated carbocycles. The highest BCUT2D eigenvalue weighted by atomic mass is 16.7. The van der Waals surface area contributed by atoms with Gasteiger partial charge in [0.25, 0.3) is 0 Å². The second-order valence-corrected chi connectivity index (χ2v) is 13.6. The van der Waals surface area contributed by atoms with E-state index >= 15 is 0 Å². The lowest BCUT2D eigenvalue weighted by molar-refractivity contribution is -0.281.